The Hall–Kier alpha value is -1.00. The molecule has 0 aliphatic heterocycles. The van der Waals surface area contributed by atoms with Crippen LogP contribution in [0.2, 0.25) is 0 Å². The van der Waals surface area contributed by atoms with E-state index >= 15 is 0 Å². The molecule has 0 saturated heterocycles. The van der Waals surface area contributed by atoms with Crippen LogP contribution in [0.15, 0.2) is 12.1 Å². The van der Waals surface area contributed by atoms with Crippen LogP contribution in [0.1, 0.15) is 17.2 Å². The second-order valence-electron chi connectivity index (χ2n) is 3.21. The summed E-state index contributed by atoms with van der Waals surface area (Å²) < 4.78 is 25.8. The Morgan fingerprint density at radius 2 is 2.07 bits per heavy atom. The van der Waals surface area contributed by atoms with E-state index in [0.717, 1.165) is 6.07 Å². The van der Waals surface area contributed by atoms with Gasteiger partial charge >= 0.3 is 0 Å². The molecule has 14 heavy (non-hydrogen) atoms. The first-order valence-electron chi connectivity index (χ1n) is 4.34. The first kappa shape index (κ1) is 11.1. The summed E-state index contributed by atoms with van der Waals surface area (Å²) in [6, 6.07) is 2.46. The molecule has 0 aliphatic rings. The molecule has 78 valence electrons. The van der Waals surface area contributed by atoms with Crippen LogP contribution in [-0.2, 0) is 0 Å². The van der Waals surface area contributed by atoms with Gasteiger partial charge in [-0.3, -0.25) is 0 Å². The van der Waals surface area contributed by atoms with E-state index in [-0.39, 0.29) is 5.56 Å². The second-order valence-corrected chi connectivity index (χ2v) is 3.21. The fraction of sp³-hybridized carbons (Fsp3) is 0.400. The fourth-order valence-corrected chi connectivity index (χ4v) is 1.26. The molecule has 0 radical (unpaired) electrons. The van der Waals surface area contributed by atoms with Gasteiger partial charge in [0.25, 0.3) is 0 Å². The molecular formula is C10H13F2NO. The van der Waals surface area contributed by atoms with E-state index in [4.69, 9.17) is 0 Å². The molecule has 2 nitrogen and oxygen atoms in total. The minimum Gasteiger partial charge on any atom is -0.387 e. The van der Waals surface area contributed by atoms with Crippen molar-refractivity contribution in [1.82, 2.24) is 5.32 Å². The summed E-state index contributed by atoms with van der Waals surface area (Å²) in [6.07, 6.45) is -0.811. The van der Waals surface area contributed by atoms with Crippen LogP contribution in [0.25, 0.3) is 0 Å². The van der Waals surface area contributed by atoms with Gasteiger partial charge in [0, 0.05) is 6.54 Å². The Labute approximate surface area is 81.6 Å². The van der Waals surface area contributed by atoms with Crippen molar-refractivity contribution >= 4 is 0 Å². The van der Waals surface area contributed by atoms with Gasteiger partial charge in [0.2, 0.25) is 0 Å². The molecule has 0 amide bonds. The van der Waals surface area contributed by atoms with E-state index < -0.39 is 17.7 Å². The number of halogens is 2. The number of hydrogen-bond donors (Lipinski definition) is 2. The summed E-state index contributed by atoms with van der Waals surface area (Å²) in [5, 5.41) is 12.3. The topological polar surface area (TPSA) is 32.3 Å². The average molecular weight is 201 g/mol. The van der Waals surface area contributed by atoms with Crippen LogP contribution >= 0.6 is 0 Å². The summed E-state index contributed by atoms with van der Waals surface area (Å²) in [7, 11) is 1.68. The molecule has 1 rings (SSSR count). The highest BCUT2D eigenvalue weighted by atomic mass is 19.2. The SMILES string of the molecule is CNCC(O)c1cc(C)c(F)c(F)c1. The van der Waals surface area contributed by atoms with Gasteiger partial charge in [-0.15, -0.1) is 0 Å². The van der Waals surface area contributed by atoms with Crippen molar-refractivity contribution in [3.05, 3.63) is 34.9 Å². The van der Waals surface area contributed by atoms with Crippen molar-refractivity contribution in [2.24, 2.45) is 0 Å². The third-order valence-electron chi connectivity index (χ3n) is 2.01. The molecule has 0 fully saturated rings. The monoisotopic (exact) mass is 201 g/mol. The quantitative estimate of drug-likeness (QED) is 0.777. The second kappa shape index (κ2) is 4.48. The van der Waals surface area contributed by atoms with Gasteiger partial charge in [-0.1, -0.05) is 6.07 Å². The zero-order valence-electron chi connectivity index (χ0n) is 8.14. The number of aliphatic hydroxyl groups is 1. The van der Waals surface area contributed by atoms with Crippen molar-refractivity contribution in [3.8, 4) is 0 Å². The first-order chi connectivity index (χ1) is 6.56. The van der Waals surface area contributed by atoms with Gasteiger partial charge in [0.15, 0.2) is 11.6 Å². The standard InChI is InChI=1S/C10H13F2NO/c1-6-3-7(9(14)5-13-2)4-8(11)10(6)12/h3-4,9,13-14H,5H2,1-2H3. The number of benzene rings is 1. The lowest BCUT2D eigenvalue weighted by molar-refractivity contribution is 0.177. The lowest BCUT2D eigenvalue weighted by Crippen LogP contribution is -2.17. The predicted octanol–water partition coefficient (Wildman–Crippen LogP) is 1.53. The summed E-state index contributed by atoms with van der Waals surface area (Å²) in [5.74, 6) is -1.78. The Morgan fingerprint density at radius 3 is 2.57 bits per heavy atom. The molecule has 1 aromatic rings. The van der Waals surface area contributed by atoms with E-state index in [9.17, 15) is 13.9 Å². The number of rotatable bonds is 3. The first-order valence-corrected chi connectivity index (χ1v) is 4.34. The van der Waals surface area contributed by atoms with Crippen molar-refractivity contribution < 1.29 is 13.9 Å². The fourth-order valence-electron chi connectivity index (χ4n) is 1.26. The van der Waals surface area contributed by atoms with Crippen molar-refractivity contribution in [3.63, 3.8) is 0 Å². The maximum absolute atomic E-state index is 12.9. The number of likely N-dealkylation sites (N-methyl/N-ethyl adjacent to an activating group) is 1. The molecule has 1 atom stereocenters. The zero-order chi connectivity index (χ0) is 10.7. The highest BCUT2D eigenvalue weighted by Gasteiger charge is 2.12. The predicted molar refractivity (Wildman–Crippen MR) is 50.0 cm³/mol. The highest BCUT2D eigenvalue weighted by Crippen LogP contribution is 2.19. The molecule has 2 N–H and O–H groups in total. The summed E-state index contributed by atoms with van der Waals surface area (Å²) in [5.41, 5.74) is 0.589. The summed E-state index contributed by atoms with van der Waals surface area (Å²) in [4.78, 5) is 0. The molecule has 4 heteroatoms. The normalized spacial score (nSPS) is 12.9. The maximum Gasteiger partial charge on any atom is 0.161 e. The molecule has 0 saturated carbocycles. The molecule has 1 aromatic carbocycles. The summed E-state index contributed by atoms with van der Waals surface area (Å²) in [6.45, 7) is 1.78. The molecule has 0 aromatic heterocycles. The van der Waals surface area contributed by atoms with Crippen LogP contribution in [0.5, 0.6) is 0 Å². The largest absolute Gasteiger partial charge is 0.387 e. The minimum atomic E-state index is -0.921. The van der Waals surface area contributed by atoms with Gasteiger partial charge in [-0.2, -0.15) is 0 Å². The third-order valence-corrected chi connectivity index (χ3v) is 2.01. The van der Waals surface area contributed by atoms with Crippen LogP contribution in [-0.4, -0.2) is 18.7 Å². The van der Waals surface area contributed by atoms with E-state index in [1.54, 1.807) is 7.05 Å². The van der Waals surface area contributed by atoms with Crippen molar-refractivity contribution in [2.45, 2.75) is 13.0 Å². The molecule has 0 bridgehead atoms. The average Bonchev–Trinajstić information content (AvgIpc) is 2.13. The maximum atomic E-state index is 12.9. The Bertz CT molecular complexity index is 305. The van der Waals surface area contributed by atoms with E-state index in [0.29, 0.717) is 12.1 Å². The van der Waals surface area contributed by atoms with Gasteiger partial charge in [-0.25, -0.2) is 8.78 Å². The summed E-state index contributed by atoms with van der Waals surface area (Å²) >= 11 is 0. The molecule has 0 aliphatic carbocycles. The van der Waals surface area contributed by atoms with Gasteiger partial charge in [-0.05, 0) is 31.2 Å². The lowest BCUT2D eigenvalue weighted by Gasteiger charge is -2.11. The van der Waals surface area contributed by atoms with Gasteiger partial charge < -0.3 is 10.4 Å². The van der Waals surface area contributed by atoms with Crippen LogP contribution in [0.3, 0.4) is 0 Å². The van der Waals surface area contributed by atoms with E-state index in [1.165, 1.54) is 13.0 Å². The lowest BCUT2D eigenvalue weighted by atomic mass is 10.1. The van der Waals surface area contributed by atoms with Crippen LogP contribution in [0.4, 0.5) is 8.78 Å². The molecule has 0 heterocycles. The smallest absolute Gasteiger partial charge is 0.161 e. The Morgan fingerprint density at radius 1 is 1.43 bits per heavy atom. The number of hydrogen-bond acceptors (Lipinski definition) is 2. The molecular weight excluding hydrogens is 188 g/mol. The Kier molecular flexibility index (Phi) is 3.55. The van der Waals surface area contributed by atoms with Crippen LogP contribution < -0.4 is 5.32 Å². The zero-order valence-corrected chi connectivity index (χ0v) is 8.14. The Balaban J connectivity index is 3.00. The molecule has 0 spiro atoms. The number of nitrogens with one attached hydrogen (secondary N) is 1. The number of aliphatic hydroxyl groups excluding tert-OH is 1. The van der Waals surface area contributed by atoms with E-state index in [1.807, 2.05) is 0 Å². The minimum absolute atomic E-state index is 0.204. The van der Waals surface area contributed by atoms with E-state index in [2.05, 4.69) is 5.32 Å². The highest BCUT2D eigenvalue weighted by molar-refractivity contribution is 5.27. The number of aryl methyl sites for hydroxylation is 1. The van der Waals surface area contributed by atoms with Crippen molar-refractivity contribution in [1.29, 1.82) is 0 Å². The third kappa shape index (κ3) is 2.27. The van der Waals surface area contributed by atoms with Crippen LogP contribution in [0, 0.1) is 18.6 Å². The van der Waals surface area contributed by atoms with Crippen molar-refractivity contribution in [2.75, 3.05) is 13.6 Å². The van der Waals surface area contributed by atoms with Gasteiger partial charge in [0.05, 0.1) is 6.10 Å². The molecule has 1 unspecified atom stereocenters. The van der Waals surface area contributed by atoms with Gasteiger partial charge in [0.1, 0.15) is 0 Å².